The molecule has 0 bridgehead atoms. The highest BCUT2D eigenvalue weighted by atomic mass is 32.2. The fraction of sp³-hybridized carbons (Fsp3) is 0.368. The second kappa shape index (κ2) is 9.33. The first-order chi connectivity index (χ1) is 11.6. The lowest BCUT2D eigenvalue weighted by molar-refractivity contribution is -0.131. The van der Waals surface area contributed by atoms with Gasteiger partial charge in [-0.15, -0.1) is 11.8 Å². The molecule has 1 aliphatic rings. The minimum absolute atomic E-state index is 0.0246. The zero-order valence-corrected chi connectivity index (χ0v) is 14.7. The molecule has 1 amide bonds. The number of carboxylic acid groups (broad SMARTS) is 1. The third-order valence-corrected chi connectivity index (χ3v) is 4.82. The van der Waals surface area contributed by atoms with E-state index in [9.17, 15) is 14.7 Å². The molecule has 0 unspecified atom stereocenters. The molecule has 1 aromatic rings. The highest BCUT2D eigenvalue weighted by Gasteiger charge is 2.18. The van der Waals surface area contributed by atoms with Crippen molar-refractivity contribution in [3.05, 3.63) is 52.4 Å². The SMILES string of the molecule is CC(=C\c1ccccc1)/C=C(/SCC(=O)N1CCCCC1)C(=O)O. The Morgan fingerprint density at radius 2 is 1.83 bits per heavy atom. The predicted octanol–water partition coefficient (Wildman–Crippen LogP) is 3.80. The van der Waals surface area contributed by atoms with Crippen molar-refractivity contribution >= 4 is 29.7 Å². The highest BCUT2D eigenvalue weighted by Crippen LogP contribution is 2.21. The topological polar surface area (TPSA) is 57.6 Å². The van der Waals surface area contributed by atoms with Crippen molar-refractivity contribution in [2.75, 3.05) is 18.8 Å². The van der Waals surface area contributed by atoms with E-state index in [0.717, 1.165) is 48.8 Å². The van der Waals surface area contributed by atoms with Gasteiger partial charge in [-0.3, -0.25) is 4.79 Å². The van der Waals surface area contributed by atoms with E-state index in [1.807, 2.05) is 48.2 Å². The number of benzene rings is 1. The summed E-state index contributed by atoms with van der Waals surface area (Å²) in [5.41, 5.74) is 1.86. The standard InChI is InChI=1S/C19H23NO3S/c1-15(12-16-8-4-2-5-9-16)13-17(19(22)23)24-14-18(21)20-10-6-3-7-11-20/h2,4-5,8-9,12-13H,3,6-7,10-11,14H2,1H3,(H,22,23)/b15-12+,17-13+. The van der Waals surface area contributed by atoms with Gasteiger partial charge in [-0.2, -0.15) is 0 Å². The lowest BCUT2D eigenvalue weighted by atomic mass is 10.1. The van der Waals surface area contributed by atoms with Gasteiger partial charge in [0.1, 0.15) is 0 Å². The summed E-state index contributed by atoms with van der Waals surface area (Å²) in [5.74, 6) is -0.791. The van der Waals surface area contributed by atoms with E-state index in [1.54, 1.807) is 6.08 Å². The van der Waals surface area contributed by atoms with Gasteiger partial charge in [0.2, 0.25) is 5.91 Å². The number of hydrogen-bond acceptors (Lipinski definition) is 3. The number of allylic oxidation sites excluding steroid dienone is 2. The van der Waals surface area contributed by atoms with Crippen LogP contribution in [0.3, 0.4) is 0 Å². The van der Waals surface area contributed by atoms with Crippen LogP contribution >= 0.6 is 11.8 Å². The van der Waals surface area contributed by atoms with E-state index in [4.69, 9.17) is 0 Å². The van der Waals surface area contributed by atoms with Crippen molar-refractivity contribution in [3.63, 3.8) is 0 Å². The Morgan fingerprint density at radius 1 is 1.17 bits per heavy atom. The number of thioether (sulfide) groups is 1. The largest absolute Gasteiger partial charge is 0.477 e. The smallest absolute Gasteiger partial charge is 0.342 e. The molecule has 2 rings (SSSR count). The van der Waals surface area contributed by atoms with Crippen molar-refractivity contribution in [3.8, 4) is 0 Å². The molecule has 0 spiro atoms. The fourth-order valence-electron chi connectivity index (χ4n) is 2.60. The first-order valence-corrected chi connectivity index (χ1v) is 9.14. The number of carbonyl (C=O) groups excluding carboxylic acids is 1. The maximum absolute atomic E-state index is 12.2. The molecule has 24 heavy (non-hydrogen) atoms. The Bertz CT molecular complexity index is 631. The van der Waals surface area contributed by atoms with Gasteiger partial charge in [0.15, 0.2) is 0 Å². The van der Waals surface area contributed by atoms with E-state index in [1.165, 1.54) is 6.42 Å². The average Bonchev–Trinajstić information content (AvgIpc) is 2.59. The molecule has 1 N–H and O–H groups in total. The molecule has 1 fully saturated rings. The van der Waals surface area contributed by atoms with Crippen LogP contribution in [0.4, 0.5) is 0 Å². The molecule has 128 valence electrons. The Kier molecular flexibility index (Phi) is 7.12. The Hall–Kier alpha value is -2.01. The maximum Gasteiger partial charge on any atom is 0.342 e. The van der Waals surface area contributed by atoms with Crippen LogP contribution in [0.5, 0.6) is 0 Å². The lowest BCUT2D eigenvalue weighted by Crippen LogP contribution is -2.36. The molecule has 0 saturated carbocycles. The number of likely N-dealkylation sites (tertiary alicyclic amines) is 1. The summed E-state index contributed by atoms with van der Waals surface area (Å²) in [5, 5.41) is 9.37. The van der Waals surface area contributed by atoms with Gasteiger partial charge in [-0.1, -0.05) is 36.4 Å². The minimum atomic E-state index is -0.993. The Morgan fingerprint density at radius 3 is 2.46 bits per heavy atom. The quantitative estimate of drug-likeness (QED) is 0.629. The fourth-order valence-corrected chi connectivity index (χ4v) is 3.45. The summed E-state index contributed by atoms with van der Waals surface area (Å²) in [6, 6.07) is 9.74. The number of amides is 1. The first kappa shape index (κ1) is 18.3. The molecule has 0 aromatic heterocycles. The minimum Gasteiger partial charge on any atom is -0.477 e. The van der Waals surface area contributed by atoms with Crippen molar-refractivity contribution in [2.45, 2.75) is 26.2 Å². The van der Waals surface area contributed by atoms with Gasteiger partial charge in [-0.25, -0.2) is 4.79 Å². The summed E-state index contributed by atoms with van der Waals surface area (Å²) in [6.45, 7) is 3.44. The van der Waals surface area contributed by atoms with Gasteiger partial charge >= 0.3 is 5.97 Å². The second-order valence-corrected chi connectivity index (χ2v) is 6.86. The molecular formula is C19H23NO3S. The Labute approximate surface area is 147 Å². The molecule has 1 saturated heterocycles. The summed E-state index contributed by atoms with van der Waals surface area (Å²) in [6.07, 6.45) is 6.80. The first-order valence-electron chi connectivity index (χ1n) is 8.15. The van der Waals surface area contributed by atoms with Gasteiger partial charge < -0.3 is 10.0 Å². The number of rotatable bonds is 6. The van der Waals surface area contributed by atoms with E-state index < -0.39 is 5.97 Å². The predicted molar refractivity (Wildman–Crippen MR) is 98.7 cm³/mol. The second-order valence-electron chi connectivity index (χ2n) is 5.84. The number of carboxylic acids is 1. The van der Waals surface area contributed by atoms with Gasteiger partial charge in [0.25, 0.3) is 0 Å². The lowest BCUT2D eigenvalue weighted by Gasteiger charge is -2.26. The number of nitrogens with zero attached hydrogens (tertiary/aromatic N) is 1. The van der Waals surface area contributed by atoms with Crippen LogP contribution < -0.4 is 0 Å². The van der Waals surface area contributed by atoms with Crippen LogP contribution in [0, 0.1) is 0 Å². The van der Waals surface area contributed by atoms with Crippen LogP contribution in [0.2, 0.25) is 0 Å². The zero-order valence-electron chi connectivity index (χ0n) is 13.9. The van der Waals surface area contributed by atoms with Crippen molar-refractivity contribution < 1.29 is 14.7 Å². The van der Waals surface area contributed by atoms with Crippen LogP contribution in [0.15, 0.2) is 46.9 Å². The van der Waals surface area contributed by atoms with Crippen molar-refractivity contribution in [2.24, 2.45) is 0 Å². The Balaban J connectivity index is 1.99. The zero-order chi connectivity index (χ0) is 17.4. The van der Waals surface area contributed by atoms with E-state index in [-0.39, 0.29) is 16.6 Å². The number of carbonyl (C=O) groups is 2. The molecule has 1 aliphatic heterocycles. The average molecular weight is 345 g/mol. The number of piperidine rings is 1. The number of hydrogen-bond donors (Lipinski definition) is 1. The third kappa shape index (κ3) is 5.89. The summed E-state index contributed by atoms with van der Waals surface area (Å²) in [4.78, 5) is 25.6. The van der Waals surface area contributed by atoms with E-state index >= 15 is 0 Å². The molecular weight excluding hydrogens is 322 g/mol. The highest BCUT2D eigenvalue weighted by molar-refractivity contribution is 8.04. The molecule has 4 nitrogen and oxygen atoms in total. The van der Waals surface area contributed by atoms with Gasteiger partial charge in [-0.05, 0) is 43.4 Å². The third-order valence-electron chi connectivity index (χ3n) is 3.82. The normalized spacial score (nSPS) is 16.1. The van der Waals surface area contributed by atoms with Crippen LogP contribution in [-0.4, -0.2) is 40.7 Å². The number of aliphatic carboxylic acids is 1. The van der Waals surface area contributed by atoms with Crippen LogP contribution in [0.25, 0.3) is 6.08 Å². The van der Waals surface area contributed by atoms with Gasteiger partial charge in [0, 0.05) is 13.1 Å². The monoisotopic (exact) mass is 345 g/mol. The van der Waals surface area contributed by atoms with Crippen molar-refractivity contribution in [1.82, 2.24) is 4.90 Å². The molecule has 0 radical (unpaired) electrons. The molecule has 1 heterocycles. The van der Waals surface area contributed by atoms with E-state index in [0.29, 0.717) is 0 Å². The summed E-state index contributed by atoms with van der Waals surface area (Å²) < 4.78 is 0. The molecule has 0 aliphatic carbocycles. The summed E-state index contributed by atoms with van der Waals surface area (Å²) in [7, 11) is 0. The summed E-state index contributed by atoms with van der Waals surface area (Å²) >= 11 is 1.10. The van der Waals surface area contributed by atoms with Crippen LogP contribution in [0.1, 0.15) is 31.7 Å². The molecule has 1 aromatic carbocycles. The maximum atomic E-state index is 12.2. The van der Waals surface area contributed by atoms with Crippen LogP contribution in [-0.2, 0) is 9.59 Å². The molecule has 0 atom stereocenters. The van der Waals surface area contributed by atoms with Crippen molar-refractivity contribution in [1.29, 1.82) is 0 Å². The van der Waals surface area contributed by atoms with Gasteiger partial charge in [0.05, 0.1) is 10.7 Å². The molecule has 5 heteroatoms. The van der Waals surface area contributed by atoms with E-state index in [2.05, 4.69) is 0 Å².